The van der Waals surface area contributed by atoms with Crippen molar-refractivity contribution < 1.29 is 19.4 Å². The number of nitrogens with one attached hydrogen (secondary N) is 1. The van der Waals surface area contributed by atoms with Gasteiger partial charge >= 0.3 is 0 Å². The van der Waals surface area contributed by atoms with E-state index in [1.165, 1.54) is 77.0 Å². The summed E-state index contributed by atoms with van der Waals surface area (Å²) in [6.45, 7) is 10.4. The summed E-state index contributed by atoms with van der Waals surface area (Å²) in [7, 11) is 0. The van der Waals surface area contributed by atoms with E-state index in [1.807, 2.05) is 24.3 Å². The summed E-state index contributed by atoms with van der Waals surface area (Å²) >= 11 is 0. The van der Waals surface area contributed by atoms with Crippen molar-refractivity contribution >= 4 is 5.91 Å². The molecule has 4 atom stereocenters. The molecule has 1 saturated heterocycles. The van der Waals surface area contributed by atoms with Crippen LogP contribution in [-0.4, -0.2) is 46.6 Å². The van der Waals surface area contributed by atoms with Crippen LogP contribution in [-0.2, 0) is 22.6 Å². The van der Waals surface area contributed by atoms with Gasteiger partial charge in [0.1, 0.15) is 0 Å². The van der Waals surface area contributed by atoms with Gasteiger partial charge in [0.15, 0.2) is 6.29 Å². The maximum absolute atomic E-state index is 12.5. The van der Waals surface area contributed by atoms with Crippen molar-refractivity contribution in [3.05, 3.63) is 101 Å². The fourth-order valence-corrected chi connectivity index (χ4v) is 6.68. The SMILES string of the molecule is CCCCCCCCN(CCCCCCCC)C[C@@H]1O[C@H](c2ccc(CNC(=O)c3cccnc3)cc2)O[C@H](c2ccc(CO)cc2)[C@@H]1C. The number of nitrogens with zero attached hydrogens (tertiary/aromatic N) is 2. The molecule has 0 radical (unpaired) electrons. The molecule has 1 aliphatic heterocycles. The van der Waals surface area contributed by atoms with Gasteiger partial charge in [-0.3, -0.25) is 9.78 Å². The van der Waals surface area contributed by atoms with Crippen LogP contribution in [0.1, 0.15) is 143 Å². The van der Waals surface area contributed by atoms with Gasteiger partial charge in [0.25, 0.3) is 5.91 Å². The molecule has 7 nitrogen and oxygen atoms in total. The van der Waals surface area contributed by atoms with Crippen molar-refractivity contribution in [2.24, 2.45) is 5.92 Å². The number of hydrogen-bond donors (Lipinski definition) is 2. The minimum absolute atomic E-state index is 0.0000947. The van der Waals surface area contributed by atoms with E-state index in [-0.39, 0.29) is 30.6 Å². The summed E-state index contributed by atoms with van der Waals surface area (Å²) in [6.07, 6.45) is 18.1. The fraction of sp³-hybridized carbons (Fsp3) is 0.571. The van der Waals surface area contributed by atoms with E-state index < -0.39 is 6.29 Å². The lowest BCUT2D eigenvalue weighted by Gasteiger charge is -2.43. The highest BCUT2D eigenvalue weighted by Crippen LogP contribution is 2.42. The van der Waals surface area contributed by atoms with Crippen molar-refractivity contribution in [1.29, 1.82) is 0 Å². The molecule has 0 saturated carbocycles. The van der Waals surface area contributed by atoms with Crippen LogP contribution in [0.5, 0.6) is 0 Å². The van der Waals surface area contributed by atoms with Crippen LogP contribution < -0.4 is 5.32 Å². The normalized spacial score (nSPS) is 19.3. The number of ether oxygens (including phenoxy) is 2. The number of aliphatic hydroxyl groups is 1. The van der Waals surface area contributed by atoms with Crippen molar-refractivity contribution in [2.45, 2.75) is 129 Å². The largest absolute Gasteiger partial charge is 0.392 e. The summed E-state index contributed by atoms with van der Waals surface area (Å²) in [4.78, 5) is 19.2. The quantitative estimate of drug-likeness (QED) is 0.104. The van der Waals surface area contributed by atoms with Crippen LogP contribution in [0.25, 0.3) is 0 Å². The third-order valence-corrected chi connectivity index (χ3v) is 9.85. The second-order valence-corrected chi connectivity index (χ2v) is 13.8. The standard InChI is InChI=1S/C42H61N3O4/c1-4-6-8-10-12-14-27-45(28-15-13-11-9-7-5-2)31-39-33(3)40(36-22-20-35(32-46)21-23-36)49-42(48-39)37-24-18-34(19-25-37)29-44-41(47)38-17-16-26-43-30-38/h16-26,30,33,39-40,42,46H,4-15,27-29,31-32H2,1-3H3,(H,44,47)/t33-,39+,40+,42+/m1/s1. The van der Waals surface area contributed by atoms with Gasteiger partial charge < -0.3 is 24.8 Å². The molecule has 0 spiro atoms. The number of carbonyl (C=O) groups excluding carboxylic acids is 1. The van der Waals surface area contributed by atoms with E-state index in [0.717, 1.165) is 41.9 Å². The number of aromatic nitrogens is 1. The minimum atomic E-state index is -0.507. The van der Waals surface area contributed by atoms with Gasteiger partial charge in [-0.15, -0.1) is 0 Å². The first kappa shape index (κ1) is 38.7. The molecule has 1 amide bonds. The van der Waals surface area contributed by atoms with Crippen LogP contribution in [0.4, 0.5) is 0 Å². The van der Waals surface area contributed by atoms with Gasteiger partial charge in [0.05, 0.1) is 24.4 Å². The molecule has 2 aromatic carbocycles. The third-order valence-electron chi connectivity index (χ3n) is 9.85. The van der Waals surface area contributed by atoms with E-state index >= 15 is 0 Å². The van der Waals surface area contributed by atoms with E-state index in [2.05, 4.69) is 60.2 Å². The molecule has 0 bridgehead atoms. The molecule has 2 N–H and O–H groups in total. The molecule has 49 heavy (non-hydrogen) atoms. The first-order chi connectivity index (χ1) is 24.0. The van der Waals surface area contributed by atoms with Crippen LogP contribution in [0.2, 0.25) is 0 Å². The Balaban J connectivity index is 1.46. The Bertz CT molecular complexity index is 1300. The highest BCUT2D eigenvalue weighted by Gasteiger charge is 2.39. The summed E-state index contributed by atoms with van der Waals surface area (Å²) in [5, 5.41) is 12.6. The first-order valence-corrected chi connectivity index (χ1v) is 19.0. The van der Waals surface area contributed by atoms with Gasteiger partial charge in [-0.2, -0.15) is 0 Å². The van der Waals surface area contributed by atoms with E-state index in [1.54, 1.807) is 24.5 Å². The summed E-state index contributed by atoms with van der Waals surface area (Å²) in [5.74, 6) is 0.00396. The average Bonchev–Trinajstić information content (AvgIpc) is 3.14. The Hall–Kier alpha value is -3.10. The second kappa shape index (κ2) is 21.9. The van der Waals surface area contributed by atoms with E-state index in [9.17, 15) is 9.90 Å². The van der Waals surface area contributed by atoms with Gasteiger partial charge in [-0.05, 0) is 54.8 Å². The number of hydrogen-bond acceptors (Lipinski definition) is 6. The number of amides is 1. The highest BCUT2D eigenvalue weighted by molar-refractivity contribution is 5.93. The van der Waals surface area contributed by atoms with Gasteiger partial charge in [0, 0.05) is 37.0 Å². The molecule has 7 heteroatoms. The topological polar surface area (TPSA) is 83.9 Å². The van der Waals surface area contributed by atoms with Gasteiger partial charge in [0.2, 0.25) is 0 Å². The lowest BCUT2D eigenvalue weighted by atomic mass is 9.90. The van der Waals surface area contributed by atoms with Crippen molar-refractivity contribution in [3.8, 4) is 0 Å². The lowest BCUT2D eigenvalue weighted by molar-refractivity contribution is -0.276. The third kappa shape index (κ3) is 12.9. The molecule has 1 aliphatic rings. The van der Waals surface area contributed by atoms with Gasteiger partial charge in [-0.25, -0.2) is 0 Å². The molecule has 4 rings (SSSR count). The summed E-state index contributed by atoms with van der Waals surface area (Å²) < 4.78 is 13.6. The van der Waals surface area contributed by atoms with Crippen molar-refractivity contribution in [2.75, 3.05) is 19.6 Å². The Morgan fingerprint density at radius 3 is 1.96 bits per heavy atom. The minimum Gasteiger partial charge on any atom is -0.392 e. The van der Waals surface area contributed by atoms with Crippen molar-refractivity contribution in [3.63, 3.8) is 0 Å². The molecular formula is C42H61N3O4. The zero-order valence-electron chi connectivity index (χ0n) is 30.3. The number of rotatable bonds is 22. The molecule has 268 valence electrons. The smallest absolute Gasteiger partial charge is 0.253 e. The number of aliphatic hydroxyl groups excluding tert-OH is 1. The number of pyridine rings is 1. The zero-order valence-corrected chi connectivity index (χ0v) is 30.3. The molecular weight excluding hydrogens is 610 g/mol. The van der Waals surface area contributed by atoms with Crippen LogP contribution in [0, 0.1) is 5.92 Å². The van der Waals surface area contributed by atoms with Gasteiger partial charge in [-0.1, -0.05) is 134 Å². The molecule has 3 aromatic rings. The molecule has 1 aromatic heterocycles. The number of unbranched alkanes of at least 4 members (excludes halogenated alkanes) is 10. The molecule has 1 fully saturated rings. The summed E-state index contributed by atoms with van der Waals surface area (Å²) in [6, 6.07) is 19.9. The maximum atomic E-state index is 12.5. The predicted molar refractivity (Wildman–Crippen MR) is 198 cm³/mol. The lowest BCUT2D eigenvalue weighted by Crippen LogP contribution is -2.45. The highest BCUT2D eigenvalue weighted by atomic mass is 16.7. The molecule has 0 aliphatic carbocycles. The van der Waals surface area contributed by atoms with Crippen LogP contribution >= 0.6 is 0 Å². The summed E-state index contributed by atoms with van der Waals surface area (Å²) in [5.41, 5.74) is 4.52. The predicted octanol–water partition coefficient (Wildman–Crippen LogP) is 9.32. The number of benzene rings is 2. The second-order valence-electron chi connectivity index (χ2n) is 13.8. The maximum Gasteiger partial charge on any atom is 0.253 e. The monoisotopic (exact) mass is 671 g/mol. The van der Waals surface area contributed by atoms with E-state index in [4.69, 9.17) is 9.47 Å². The fourth-order valence-electron chi connectivity index (χ4n) is 6.68. The van der Waals surface area contributed by atoms with Crippen molar-refractivity contribution in [1.82, 2.24) is 15.2 Å². The first-order valence-electron chi connectivity index (χ1n) is 19.0. The van der Waals surface area contributed by atoms with Crippen LogP contribution in [0.3, 0.4) is 0 Å². The Kier molecular flexibility index (Phi) is 17.3. The number of carbonyl (C=O) groups is 1. The molecule has 0 unspecified atom stereocenters. The van der Waals surface area contributed by atoms with E-state index in [0.29, 0.717) is 12.1 Å². The average molecular weight is 672 g/mol. The van der Waals surface area contributed by atoms with Crippen LogP contribution in [0.15, 0.2) is 73.1 Å². The molecule has 2 heterocycles. The zero-order chi connectivity index (χ0) is 34.7. The Morgan fingerprint density at radius 2 is 1.37 bits per heavy atom. The Labute approximate surface area is 295 Å². The Morgan fingerprint density at radius 1 is 0.776 bits per heavy atom.